The van der Waals surface area contributed by atoms with Crippen molar-refractivity contribution >= 4 is 17.3 Å². The second-order valence-electron chi connectivity index (χ2n) is 4.28. The first-order valence-corrected chi connectivity index (χ1v) is 6.39. The van der Waals surface area contributed by atoms with Crippen LogP contribution in [-0.2, 0) is 19.3 Å². The number of hydrogen-bond acceptors (Lipinski definition) is 2. The topological polar surface area (TPSA) is 29.9 Å². The van der Waals surface area contributed by atoms with Crippen molar-refractivity contribution in [1.82, 2.24) is 9.78 Å². The molecule has 2 rings (SSSR count). The van der Waals surface area contributed by atoms with Gasteiger partial charge in [-0.05, 0) is 25.1 Å². The van der Waals surface area contributed by atoms with Gasteiger partial charge in [-0.1, -0.05) is 11.6 Å². The molecule has 20 heavy (non-hydrogen) atoms. The predicted molar refractivity (Wildman–Crippen MR) is 71.7 cm³/mol. The molecule has 0 amide bonds. The Morgan fingerprint density at radius 3 is 2.65 bits per heavy atom. The van der Waals surface area contributed by atoms with Crippen LogP contribution >= 0.6 is 11.6 Å². The van der Waals surface area contributed by atoms with Crippen LogP contribution in [0.3, 0.4) is 0 Å². The van der Waals surface area contributed by atoms with Gasteiger partial charge in [0.25, 0.3) is 0 Å². The largest absolute Gasteiger partial charge is 0.416 e. The fourth-order valence-corrected chi connectivity index (χ4v) is 1.97. The number of alkyl halides is 3. The summed E-state index contributed by atoms with van der Waals surface area (Å²) in [7, 11) is 0. The lowest BCUT2D eigenvalue weighted by molar-refractivity contribution is -0.137. The number of halogens is 4. The second-order valence-corrected chi connectivity index (χ2v) is 4.72. The molecule has 0 unspecified atom stereocenters. The van der Waals surface area contributed by atoms with Gasteiger partial charge in [0.1, 0.15) is 0 Å². The average Bonchev–Trinajstić information content (AvgIpc) is 2.82. The molecule has 0 saturated carbocycles. The van der Waals surface area contributed by atoms with Crippen LogP contribution < -0.4 is 5.32 Å². The van der Waals surface area contributed by atoms with Crippen molar-refractivity contribution in [2.75, 3.05) is 5.32 Å². The molecule has 108 valence electrons. The van der Waals surface area contributed by atoms with E-state index in [1.807, 2.05) is 13.1 Å². The zero-order chi connectivity index (χ0) is 14.8. The van der Waals surface area contributed by atoms with E-state index in [0.29, 0.717) is 12.2 Å². The molecule has 0 radical (unpaired) electrons. The van der Waals surface area contributed by atoms with E-state index in [1.54, 1.807) is 10.9 Å². The highest BCUT2D eigenvalue weighted by Gasteiger charge is 2.31. The van der Waals surface area contributed by atoms with Crippen LogP contribution in [-0.4, -0.2) is 9.78 Å². The third-order valence-electron chi connectivity index (χ3n) is 2.73. The number of aromatic nitrogens is 2. The molecule has 0 atom stereocenters. The lowest BCUT2D eigenvalue weighted by Crippen LogP contribution is -2.06. The van der Waals surface area contributed by atoms with Crippen LogP contribution in [0, 0.1) is 0 Å². The van der Waals surface area contributed by atoms with Crippen LogP contribution in [0.25, 0.3) is 0 Å². The number of hydrogen-bond donors (Lipinski definition) is 1. The molecule has 0 saturated heterocycles. The number of aryl methyl sites for hydroxylation is 1. The van der Waals surface area contributed by atoms with Crippen molar-refractivity contribution < 1.29 is 13.2 Å². The minimum Gasteiger partial charge on any atom is -0.381 e. The lowest BCUT2D eigenvalue weighted by Gasteiger charge is -2.11. The molecule has 1 heterocycles. The highest BCUT2D eigenvalue weighted by Crippen LogP contribution is 2.33. The van der Waals surface area contributed by atoms with Crippen LogP contribution in [0.1, 0.15) is 18.1 Å². The highest BCUT2D eigenvalue weighted by atomic mass is 35.5. The van der Waals surface area contributed by atoms with Gasteiger partial charge in [-0.3, -0.25) is 4.68 Å². The molecular weight excluding hydrogens is 291 g/mol. The summed E-state index contributed by atoms with van der Waals surface area (Å²) < 4.78 is 39.7. The molecule has 0 bridgehead atoms. The molecule has 3 nitrogen and oxygen atoms in total. The minimum atomic E-state index is -4.41. The number of nitrogens with one attached hydrogen (secondary N) is 1. The fraction of sp³-hybridized carbons (Fsp3) is 0.308. The first-order valence-electron chi connectivity index (χ1n) is 6.01. The molecule has 0 aliphatic carbocycles. The van der Waals surface area contributed by atoms with E-state index in [4.69, 9.17) is 11.6 Å². The van der Waals surface area contributed by atoms with E-state index >= 15 is 0 Å². The summed E-state index contributed by atoms with van der Waals surface area (Å²) >= 11 is 5.71. The third-order valence-corrected chi connectivity index (χ3v) is 2.95. The number of nitrogens with zero attached hydrogens (tertiary/aromatic N) is 2. The molecule has 0 spiro atoms. The smallest absolute Gasteiger partial charge is 0.381 e. The summed E-state index contributed by atoms with van der Waals surface area (Å²) in [5, 5.41) is 7.05. The van der Waals surface area contributed by atoms with E-state index in [-0.39, 0.29) is 5.02 Å². The molecule has 0 aliphatic heterocycles. The van der Waals surface area contributed by atoms with E-state index in [0.717, 1.165) is 24.2 Å². The molecule has 1 N–H and O–H groups in total. The molecule has 7 heteroatoms. The average molecular weight is 304 g/mol. The maximum absolute atomic E-state index is 12.7. The van der Waals surface area contributed by atoms with Crippen molar-refractivity contribution in [2.24, 2.45) is 0 Å². The Labute approximate surface area is 119 Å². The van der Waals surface area contributed by atoms with Crippen LogP contribution in [0.15, 0.2) is 30.6 Å². The lowest BCUT2D eigenvalue weighted by atomic mass is 10.2. The van der Waals surface area contributed by atoms with Gasteiger partial charge < -0.3 is 5.32 Å². The van der Waals surface area contributed by atoms with E-state index in [9.17, 15) is 13.2 Å². The summed E-state index contributed by atoms with van der Waals surface area (Å²) in [4.78, 5) is 0. The summed E-state index contributed by atoms with van der Waals surface area (Å²) in [5.74, 6) is 0. The Bertz CT molecular complexity index is 593. The van der Waals surface area contributed by atoms with Gasteiger partial charge in [0.15, 0.2) is 0 Å². The van der Waals surface area contributed by atoms with Crippen molar-refractivity contribution in [3.63, 3.8) is 0 Å². The first-order chi connectivity index (χ1) is 9.38. The number of anilines is 1. The fourth-order valence-electron chi connectivity index (χ4n) is 1.73. The molecule has 0 fully saturated rings. The van der Waals surface area contributed by atoms with E-state index < -0.39 is 11.7 Å². The zero-order valence-corrected chi connectivity index (χ0v) is 11.5. The van der Waals surface area contributed by atoms with Gasteiger partial charge >= 0.3 is 6.18 Å². The second kappa shape index (κ2) is 5.75. The quantitative estimate of drug-likeness (QED) is 0.918. The van der Waals surface area contributed by atoms with Gasteiger partial charge in [-0.15, -0.1) is 0 Å². The summed E-state index contributed by atoms with van der Waals surface area (Å²) in [5.41, 5.74) is 0.450. The monoisotopic (exact) mass is 303 g/mol. The van der Waals surface area contributed by atoms with E-state index in [1.165, 1.54) is 6.07 Å². The molecule has 2 aromatic rings. The Hall–Kier alpha value is -1.69. The van der Waals surface area contributed by atoms with Crippen LogP contribution in [0.5, 0.6) is 0 Å². The van der Waals surface area contributed by atoms with Gasteiger partial charge in [-0.2, -0.15) is 18.3 Å². The first kappa shape index (κ1) is 14.7. The molecule has 1 aromatic carbocycles. The van der Waals surface area contributed by atoms with Gasteiger partial charge in [0.2, 0.25) is 0 Å². The van der Waals surface area contributed by atoms with E-state index in [2.05, 4.69) is 10.4 Å². The molecular formula is C13H13ClF3N3. The Kier molecular flexibility index (Phi) is 4.23. The number of rotatable bonds is 4. The van der Waals surface area contributed by atoms with Crippen molar-refractivity contribution in [3.8, 4) is 0 Å². The summed E-state index contributed by atoms with van der Waals surface area (Å²) in [6.07, 6.45) is -0.900. The van der Waals surface area contributed by atoms with Crippen LogP contribution in [0.2, 0.25) is 5.02 Å². The molecule has 1 aromatic heterocycles. The minimum absolute atomic E-state index is 0.0478. The summed E-state index contributed by atoms with van der Waals surface area (Å²) in [6.45, 7) is 3.09. The standard InChI is InChI=1S/C13H13ClF3N3/c1-2-20-8-9(7-19-20)6-18-12-4-10(13(15,16)17)3-11(14)5-12/h3-5,7-8,18H,2,6H2,1H3. The summed E-state index contributed by atoms with van der Waals surface area (Å²) in [6, 6.07) is 3.40. The SMILES string of the molecule is CCn1cc(CNc2cc(Cl)cc(C(F)(F)F)c2)cn1. The van der Waals surface area contributed by atoms with Gasteiger partial charge in [0.05, 0.1) is 11.8 Å². The zero-order valence-electron chi connectivity index (χ0n) is 10.7. The highest BCUT2D eigenvalue weighted by molar-refractivity contribution is 6.30. The van der Waals surface area contributed by atoms with Gasteiger partial charge in [0, 0.05) is 35.6 Å². The van der Waals surface area contributed by atoms with Crippen LogP contribution in [0.4, 0.5) is 18.9 Å². The Morgan fingerprint density at radius 1 is 1.30 bits per heavy atom. The maximum atomic E-state index is 12.7. The molecule has 0 aliphatic rings. The Morgan fingerprint density at radius 2 is 2.05 bits per heavy atom. The number of benzene rings is 1. The van der Waals surface area contributed by atoms with Gasteiger partial charge in [-0.25, -0.2) is 0 Å². The van der Waals surface area contributed by atoms with Crippen molar-refractivity contribution in [2.45, 2.75) is 26.2 Å². The van der Waals surface area contributed by atoms with Crippen molar-refractivity contribution in [3.05, 3.63) is 46.7 Å². The maximum Gasteiger partial charge on any atom is 0.416 e. The predicted octanol–water partition coefficient (Wildman–Crippen LogP) is 4.19. The normalized spacial score (nSPS) is 11.7. The third kappa shape index (κ3) is 3.66. The van der Waals surface area contributed by atoms with Crippen molar-refractivity contribution in [1.29, 1.82) is 0 Å². The Balaban J connectivity index is 2.11.